The Balaban J connectivity index is 3.00. The summed E-state index contributed by atoms with van der Waals surface area (Å²) >= 11 is 0. The van der Waals surface area contributed by atoms with E-state index in [0.717, 1.165) is 0 Å². The van der Waals surface area contributed by atoms with Crippen molar-refractivity contribution in [2.75, 3.05) is 12.4 Å². The maximum Gasteiger partial charge on any atom is 0.328 e. The Labute approximate surface area is 130 Å². The van der Waals surface area contributed by atoms with Crippen molar-refractivity contribution in [3.63, 3.8) is 0 Å². The molecule has 0 spiro atoms. The van der Waals surface area contributed by atoms with Crippen LogP contribution < -0.4 is 10.6 Å². The third-order valence-electron chi connectivity index (χ3n) is 3.44. The molecule has 0 saturated carbocycles. The zero-order chi connectivity index (χ0) is 16.7. The molecule has 2 atom stereocenters. The first-order valence-corrected chi connectivity index (χ1v) is 7.16. The Morgan fingerprint density at radius 2 is 1.86 bits per heavy atom. The molecular weight excluding hydrogens is 284 g/mol. The first-order valence-electron chi connectivity index (χ1n) is 7.16. The minimum absolute atomic E-state index is 0.0654. The highest BCUT2D eigenvalue weighted by molar-refractivity contribution is 6.04. The first-order chi connectivity index (χ1) is 10.4. The molecule has 2 amide bonds. The van der Waals surface area contributed by atoms with Crippen molar-refractivity contribution in [1.29, 1.82) is 0 Å². The highest BCUT2D eigenvalue weighted by Gasteiger charge is 2.27. The number of carbonyl (C=O) groups is 3. The smallest absolute Gasteiger partial charge is 0.328 e. The minimum Gasteiger partial charge on any atom is -0.467 e. The van der Waals surface area contributed by atoms with Crippen LogP contribution in [-0.4, -0.2) is 30.9 Å². The molecule has 0 aromatic heterocycles. The van der Waals surface area contributed by atoms with Crippen LogP contribution in [0.2, 0.25) is 0 Å². The number of anilines is 1. The van der Waals surface area contributed by atoms with E-state index in [1.807, 2.05) is 13.8 Å². The van der Waals surface area contributed by atoms with Gasteiger partial charge in [0.25, 0.3) is 5.91 Å². The van der Waals surface area contributed by atoms with E-state index in [4.69, 9.17) is 4.74 Å². The fourth-order valence-electron chi connectivity index (χ4n) is 1.99. The lowest BCUT2D eigenvalue weighted by Gasteiger charge is -2.22. The van der Waals surface area contributed by atoms with E-state index < -0.39 is 17.9 Å². The van der Waals surface area contributed by atoms with Gasteiger partial charge in [-0.25, -0.2) is 4.79 Å². The van der Waals surface area contributed by atoms with Crippen molar-refractivity contribution in [1.82, 2.24) is 5.32 Å². The zero-order valence-electron chi connectivity index (χ0n) is 13.3. The average molecular weight is 306 g/mol. The van der Waals surface area contributed by atoms with E-state index in [2.05, 4.69) is 10.6 Å². The van der Waals surface area contributed by atoms with Gasteiger partial charge in [0.15, 0.2) is 0 Å². The summed E-state index contributed by atoms with van der Waals surface area (Å²) in [6.45, 7) is 5.16. The summed E-state index contributed by atoms with van der Waals surface area (Å²) in [6.07, 6.45) is 0.716. The molecule has 0 radical (unpaired) electrons. The third-order valence-corrected chi connectivity index (χ3v) is 3.44. The van der Waals surface area contributed by atoms with Gasteiger partial charge in [-0.1, -0.05) is 32.4 Å². The molecule has 0 unspecified atom stereocenters. The highest BCUT2D eigenvalue weighted by Crippen LogP contribution is 2.16. The standard InChI is InChI=1S/C16H22N2O4/c1-5-10(2)14(16(21)22-4)18-15(20)12-8-6-7-9-13(12)17-11(3)19/h6-10,14H,5H2,1-4H3,(H,17,19)(H,18,20)/t10-,14-/m1/s1. The number of carbonyl (C=O) groups excluding carboxylic acids is 3. The Bertz CT molecular complexity index is 557. The lowest BCUT2D eigenvalue weighted by atomic mass is 9.98. The van der Waals surface area contributed by atoms with Crippen molar-refractivity contribution in [2.45, 2.75) is 33.2 Å². The summed E-state index contributed by atoms with van der Waals surface area (Å²) in [5.41, 5.74) is 0.704. The van der Waals surface area contributed by atoms with Crippen molar-refractivity contribution in [3.8, 4) is 0 Å². The molecule has 0 aliphatic carbocycles. The molecule has 0 bridgehead atoms. The van der Waals surface area contributed by atoms with Crippen molar-refractivity contribution in [3.05, 3.63) is 29.8 Å². The second-order valence-electron chi connectivity index (χ2n) is 5.09. The average Bonchev–Trinajstić information content (AvgIpc) is 2.50. The van der Waals surface area contributed by atoms with Gasteiger partial charge in [-0.3, -0.25) is 9.59 Å². The lowest BCUT2D eigenvalue weighted by Crippen LogP contribution is -2.45. The van der Waals surface area contributed by atoms with E-state index in [1.54, 1.807) is 24.3 Å². The second kappa shape index (κ2) is 8.17. The fourth-order valence-corrected chi connectivity index (χ4v) is 1.99. The van der Waals surface area contributed by atoms with Crippen LogP contribution in [0.1, 0.15) is 37.6 Å². The summed E-state index contributed by atoms with van der Waals surface area (Å²) in [5.74, 6) is -1.25. The van der Waals surface area contributed by atoms with Gasteiger partial charge in [-0.15, -0.1) is 0 Å². The predicted molar refractivity (Wildman–Crippen MR) is 83.5 cm³/mol. The molecule has 22 heavy (non-hydrogen) atoms. The zero-order valence-corrected chi connectivity index (χ0v) is 13.3. The Morgan fingerprint density at radius 1 is 1.23 bits per heavy atom. The monoisotopic (exact) mass is 306 g/mol. The normalized spacial score (nSPS) is 12.9. The van der Waals surface area contributed by atoms with Crippen LogP contribution in [0.15, 0.2) is 24.3 Å². The van der Waals surface area contributed by atoms with E-state index >= 15 is 0 Å². The third kappa shape index (κ3) is 4.58. The van der Waals surface area contributed by atoms with Gasteiger partial charge >= 0.3 is 5.97 Å². The van der Waals surface area contributed by atoms with Crippen LogP contribution >= 0.6 is 0 Å². The van der Waals surface area contributed by atoms with Crippen LogP contribution in [0.25, 0.3) is 0 Å². The van der Waals surface area contributed by atoms with Crippen LogP contribution in [0, 0.1) is 5.92 Å². The number of methoxy groups -OCH3 is 1. The summed E-state index contributed by atoms with van der Waals surface area (Å²) in [7, 11) is 1.29. The molecule has 1 aromatic carbocycles. The molecule has 0 saturated heterocycles. The Morgan fingerprint density at radius 3 is 2.41 bits per heavy atom. The van der Waals surface area contributed by atoms with Crippen molar-refractivity contribution < 1.29 is 19.1 Å². The fraction of sp³-hybridized carbons (Fsp3) is 0.438. The predicted octanol–water partition coefficient (Wildman–Crippen LogP) is 1.96. The number of esters is 1. The highest BCUT2D eigenvalue weighted by atomic mass is 16.5. The van der Waals surface area contributed by atoms with Crippen LogP contribution in [0.3, 0.4) is 0 Å². The van der Waals surface area contributed by atoms with Gasteiger partial charge in [-0.2, -0.15) is 0 Å². The van der Waals surface area contributed by atoms with Gasteiger partial charge in [0.05, 0.1) is 18.4 Å². The first kappa shape index (κ1) is 17.7. The molecule has 0 heterocycles. The largest absolute Gasteiger partial charge is 0.467 e. The summed E-state index contributed by atoms with van der Waals surface area (Å²) < 4.78 is 4.74. The number of hydrogen-bond acceptors (Lipinski definition) is 4. The van der Waals surface area contributed by atoms with E-state index in [-0.39, 0.29) is 11.8 Å². The maximum atomic E-state index is 12.4. The topological polar surface area (TPSA) is 84.5 Å². The Kier molecular flexibility index (Phi) is 6.56. The number of rotatable bonds is 6. The molecule has 6 nitrogen and oxygen atoms in total. The van der Waals surface area contributed by atoms with Gasteiger partial charge in [0.1, 0.15) is 6.04 Å². The number of ether oxygens (including phenoxy) is 1. The summed E-state index contributed by atoms with van der Waals surface area (Å²) in [4.78, 5) is 35.5. The van der Waals surface area contributed by atoms with Gasteiger partial charge < -0.3 is 15.4 Å². The summed E-state index contributed by atoms with van der Waals surface area (Å²) in [5, 5.41) is 5.28. The molecule has 1 aromatic rings. The van der Waals surface area contributed by atoms with Gasteiger partial charge in [0, 0.05) is 6.92 Å². The van der Waals surface area contributed by atoms with E-state index in [1.165, 1.54) is 14.0 Å². The number of benzene rings is 1. The quantitative estimate of drug-likeness (QED) is 0.787. The van der Waals surface area contributed by atoms with E-state index in [9.17, 15) is 14.4 Å². The van der Waals surface area contributed by atoms with Crippen molar-refractivity contribution in [2.24, 2.45) is 5.92 Å². The maximum absolute atomic E-state index is 12.4. The molecule has 0 fully saturated rings. The summed E-state index contributed by atoms with van der Waals surface area (Å²) in [6, 6.07) is 5.90. The molecule has 120 valence electrons. The molecule has 0 aliphatic rings. The van der Waals surface area contributed by atoms with Crippen molar-refractivity contribution >= 4 is 23.5 Å². The number of hydrogen-bond donors (Lipinski definition) is 2. The number of para-hydroxylation sites is 1. The van der Waals surface area contributed by atoms with Crippen LogP contribution in [-0.2, 0) is 14.3 Å². The molecule has 2 N–H and O–H groups in total. The minimum atomic E-state index is -0.729. The van der Waals surface area contributed by atoms with Gasteiger partial charge in [-0.05, 0) is 18.1 Å². The number of nitrogens with one attached hydrogen (secondary N) is 2. The SMILES string of the molecule is CC[C@@H](C)[C@@H](NC(=O)c1ccccc1NC(C)=O)C(=O)OC. The molecular formula is C16H22N2O4. The second-order valence-corrected chi connectivity index (χ2v) is 5.09. The number of amides is 2. The molecule has 1 rings (SSSR count). The van der Waals surface area contributed by atoms with E-state index in [0.29, 0.717) is 17.7 Å². The molecule has 0 aliphatic heterocycles. The molecule has 6 heteroatoms. The van der Waals surface area contributed by atoms with Gasteiger partial charge in [0.2, 0.25) is 5.91 Å². The lowest BCUT2D eigenvalue weighted by molar-refractivity contribution is -0.144. The van der Waals surface area contributed by atoms with Crippen LogP contribution in [0.4, 0.5) is 5.69 Å². The van der Waals surface area contributed by atoms with Crippen LogP contribution in [0.5, 0.6) is 0 Å². The Hall–Kier alpha value is -2.37.